The Kier molecular flexibility index (Phi) is 4.84. The predicted molar refractivity (Wildman–Crippen MR) is 86.3 cm³/mol. The van der Waals surface area contributed by atoms with Crippen molar-refractivity contribution in [3.63, 3.8) is 0 Å². The van der Waals surface area contributed by atoms with Crippen molar-refractivity contribution in [2.45, 2.75) is 44.1 Å². The van der Waals surface area contributed by atoms with Crippen LogP contribution in [0, 0.1) is 0 Å². The first kappa shape index (κ1) is 16.2. The number of hydrogen-bond donors (Lipinski definition) is 1. The molecule has 0 saturated carbocycles. The molecule has 1 amide bonds. The standard InChI is InChI=1S/C16H24N2O2S/c1-5-16(3)15(19)18(11-12(2)21(4)20)14(17-16)13-9-7-6-8-10-13/h6-10,12,14,17H,5,11H2,1-4H3. The summed E-state index contributed by atoms with van der Waals surface area (Å²) >= 11 is 0. The first-order chi connectivity index (χ1) is 9.89. The molecule has 4 unspecified atom stereocenters. The van der Waals surface area contributed by atoms with Crippen LogP contribution in [0.2, 0.25) is 0 Å². The van der Waals surface area contributed by atoms with Crippen LogP contribution in [-0.4, -0.2) is 38.6 Å². The molecule has 1 aliphatic rings. The second-order valence-electron chi connectivity index (χ2n) is 5.91. The van der Waals surface area contributed by atoms with Gasteiger partial charge in [-0.25, -0.2) is 0 Å². The summed E-state index contributed by atoms with van der Waals surface area (Å²) in [7, 11) is -0.941. The molecule has 2 rings (SSSR count). The highest BCUT2D eigenvalue weighted by atomic mass is 32.2. The lowest BCUT2D eigenvalue weighted by atomic mass is 9.99. The third-order valence-corrected chi connectivity index (χ3v) is 5.63. The van der Waals surface area contributed by atoms with Gasteiger partial charge in [0.25, 0.3) is 0 Å². The van der Waals surface area contributed by atoms with Crippen LogP contribution < -0.4 is 5.32 Å². The minimum atomic E-state index is -0.941. The van der Waals surface area contributed by atoms with Crippen molar-refractivity contribution >= 4 is 16.7 Å². The molecule has 0 radical (unpaired) electrons. The van der Waals surface area contributed by atoms with Gasteiger partial charge in [0.1, 0.15) is 6.17 Å². The van der Waals surface area contributed by atoms with Crippen LogP contribution in [-0.2, 0) is 15.6 Å². The van der Waals surface area contributed by atoms with E-state index < -0.39 is 16.3 Å². The van der Waals surface area contributed by atoms with Gasteiger partial charge in [-0.15, -0.1) is 0 Å². The molecule has 0 aromatic heterocycles. The van der Waals surface area contributed by atoms with E-state index in [-0.39, 0.29) is 17.3 Å². The fraction of sp³-hybridized carbons (Fsp3) is 0.562. The van der Waals surface area contributed by atoms with Crippen LogP contribution in [0.4, 0.5) is 0 Å². The van der Waals surface area contributed by atoms with Crippen LogP contribution >= 0.6 is 0 Å². The molecule has 1 fully saturated rings. The van der Waals surface area contributed by atoms with E-state index in [9.17, 15) is 9.00 Å². The average molecular weight is 308 g/mol. The molecule has 1 aromatic rings. The average Bonchev–Trinajstić information content (AvgIpc) is 2.74. The second kappa shape index (κ2) is 6.28. The quantitative estimate of drug-likeness (QED) is 0.906. The van der Waals surface area contributed by atoms with Crippen molar-refractivity contribution in [1.82, 2.24) is 10.2 Å². The Balaban J connectivity index is 2.32. The SMILES string of the molecule is CCC1(C)NC(c2ccccc2)N(CC(C)S(C)=O)C1=O. The summed E-state index contributed by atoms with van der Waals surface area (Å²) in [6.45, 7) is 6.38. The monoisotopic (exact) mass is 308 g/mol. The zero-order valence-corrected chi connectivity index (χ0v) is 13.9. The minimum Gasteiger partial charge on any atom is -0.320 e. The van der Waals surface area contributed by atoms with Crippen molar-refractivity contribution in [1.29, 1.82) is 0 Å². The Morgan fingerprint density at radius 3 is 2.52 bits per heavy atom. The van der Waals surface area contributed by atoms with Crippen LogP contribution in [0.3, 0.4) is 0 Å². The molecular weight excluding hydrogens is 284 g/mol. The van der Waals surface area contributed by atoms with Crippen molar-refractivity contribution in [2.75, 3.05) is 12.8 Å². The Bertz CT molecular complexity index is 534. The van der Waals surface area contributed by atoms with Crippen molar-refractivity contribution in [3.8, 4) is 0 Å². The van der Waals surface area contributed by atoms with Gasteiger partial charge in [0.15, 0.2) is 0 Å². The first-order valence-corrected chi connectivity index (χ1v) is 8.97. The highest BCUT2D eigenvalue weighted by Gasteiger charge is 2.47. The Hall–Kier alpha value is -1.20. The molecule has 1 N–H and O–H groups in total. The lowest BCUT2D eigenvalue weighted by molar-refractivity contribution is -0.133. The van der Waals surface area contributed by atoms with Crippen LogP contribution in [0.5, 0.6) is 0 Å². The lowest BCUT2D eigenvalue weighted by Gasteiger charge is -2.26. The third kappa shape index (κ3) is 3.19. The van der Waals surface area contributed by atoms with E-state index in [0.717, 1.165) is 12.0 Å². The maximum absolute atomic E-state index is 12.8. The van der Waals surface area contributed by atoms with Crippen LogP contribution in [0.25, 0.3) is 0 Å². The van der Waals surface area contributed by atoms with E-state index in [0.29, 0.717) is 6.54 Å². The number of carbonyl (C=O) groups is 1. The van der Waals surface area contributed by atoms with Gasteiger partial charge < -0.3 is 4.90 Å². The van der Waals surface area contributed by atoms with Gasteiger partial charge in [-0.2, -0.15) is 0 Å². The number of nitrogens with one attached hydrogen (secondary N) is 1. The zero-order chi connectivity index (χ0) is 15.6. The van der Waals surface area contributed by atoms with E-state index >= 15 is 0 Å². The normalized spacial score (nSPS) is 28.7. The van der Waals surface area contributed by atoms with E-state index in [4.69, 9.17) is 0 Å². The van der Waals surface area contributed by atoms with Crippen molar-refractivity contribution in [2.24, 2.45) is 0 Å². The van der Waals surface area contributed by atoms with Gasteiger partial charge in [-0.1, -0.05) is 37.3 Å². The molecule has 0 aliphatic carbocycles. The molecular formula is C16H24N2O2S. The smallest absolute Gasteiger partial charge is 0.244 e. The molecule has 0 bridgehead atoms. The lowest BCUT2D eigenvalue weighted by Crippen LogP contribution is -2.43. The van der Waals surface area contributed by atoms with E-state index in [1.165, 1.54) is 0 Å². The van der Waals surface area contributed by atoms with Crippen LogP contribution in [0.15, 0.2) is 30.3 Å². The van der Waals surface area contributed by atoms with Gasteiger partial charge in [0.05, 0.1) is 5.54 Å². The number of hydrogen-bond acceptors (Lipinski definition) is 3. The Labute approximate surface area is 129 Å². The first-order valence-electron chi connectivity index (χ1n) is 7.35. The van der Waals surface area contributed by atoms with Gasteiger partial charge in [-0.05, 0) is 25.8 Å². The molecule has 1 aromatic carbocycles. The summed E-state index contributed by atoms with van der Waals surface area (Å²) < 4.78 is 11.7. The molecule has 1 saturated heterocycles. The van der Waals surface area contributed by atoms with E-state index in [1.54, 1.807) is 6.26 Å². The van der Waals surface area contributed by atoms with Gasteiger partial charge >= 0.3 is 0 Å². The molecule has 1 heterocycles. The fourth-order valence-electron chi connectivity index (χ4n) is 2.60. The summed E-state index contributed by atoms with van der Waals surface area (Å²) in [5, 5.41) is 3.41. The highest BCUT2D eigenvalue weighted by Crippen LogP contribution is 2.32. The number of amides is 1. The molecule has 116 valence electrons. The molecule has 4 atom stereocenters. The Morgan fingerprint density at radius 2 is 2.00 bits per heavy atom. The molecule has 1 aliphatic heterocycles. The minimum absolute atomic E-state index is 0.0406. The van der Waals surface area contributed by atoms with Gasteiger partial charge in [0.2, 0.25) is 5.91 Å². The molecule has 21 heavy (non-hydrogen) atoms. The highest BCUT2D eigenvalue weighted by molar-refractivity contribution is 7.84. The van der Waals surface area contributed by atoms with Crippen molar-refractivity contribution in [3.05, 3.63) is 35.9 Å². The molecule has 0 spiro atoms. The maximum atomic E-state index is 12.8. The predicted octanol–water partition coefficient (Wildman–Crippen LogP) is 2.05. The summed E-state index contributed by atoms with van der Waals surface area (Å²) in [6.07, 6.45) is 2.28. The van der Waals surface area contributed by atoms with Gasteiger partial charge in [0, 0.05) is 28.9 Å². The van der Waals surface area contributed by atoms with Gasteiger partial charge in [-0.3, -0.25) is 14.3 Å². The van der Waals surface area contributed by atoms with E-state index in [1.807, 2.05) is 56.0 Å². The fourth-order valence-corrected chi connectivity index (χ4v) is 2.97. The second-order valence-corrected chi connectivity index (χ2v) is 7.71. The topological polar surface area (TPSA) is 49.4 Å². The van der Waals surface area contributed by atoms with Crippen LogP contribution in [0.1, 0.15) is 38.9 Å². The molecule has 5 heteroatoms. The maximum Gasteiger partial charge on any atom is 0.244 e. The number of nitrogens with zero attached hydrogens (tertiary/aromatic N) is 1. The third-order valence-electron chi connectivity index (χ3n) is 4.34. The summed E-state index contributed by atoms with van der Waals surface area (Å²) in [6, 6.07) is 9.96. The Morgan fingerprint density at radius 1 is 1.38 bits per heavy atom. The summed E-state index contributed by atoms with van der Waals surface area (Å²) in [4.78, 5) is 14.6. The van der Waals surface area contributed by atoms with E-state index in [2.05, 4.69) is 5.32 Å². The number of carbonyl (C=O) groups excluding carboxylic acids is 1. The largest absolute Gasteiger partial charge is 0.320 e. The number of rotatable bonds is 5. The zero-order valence-electron chi connectivity index (χ0n) is 13.1. The number of benzene rings is 1. The van der Waals surface area contributed by atoms with Crippen molar-refractivity contribution < 1.29 is 9.00 Å². The summed E-state index contributed by atoms with van der Waals surface area (Å²) in [5.74, 6) is 0.0937. The molecule has 4 nitrogen and oxygen atoms in total. The summed E-state index contributed by atoms with van der Waals surface area (Å²) in [5.41, 5.74) is 0.521.